The van der Waals surface area contributed by atoms with Crippen molar-refractivity contribution >= 4 is 17.2 Å². The minimum absolute atomic E-state index is 0.156. The molecular weight excluding hydrogens is 372 g/mol. The number of aromatic nitrogens is 1. The van der Waals surface area contributed by atoms with Crippen molar-refractivity contribution in [1.82, 2.24) is 19.9 Å². The Balaban J connectivity index is 1.63. The summed E-state index contributed by atoms with van der Waals surface area (Å²) in [6.45, 7) is 14.7. The van der Waals surface area contributed by atoms with Gasteiger partial charge in [-0.3, -0.25) is 9.69 Å². The van der Waals surface area contributed by atoms with Crippen LogP contribution in [0.15, 0.2) is 9.90 Å². The molecule has 0 saturated heterocycles. The summed E-state index contributed by atoms with van der Waals surface area (Å²) in [5.41, 5.74) is 4.31. The van der Waals surface area contributed by atoms with Crippen molar-refractivity contribution in [3.05, 3.63) is 38.4 Å². The van der Waals surface area contributed by atoms with E-state index in [2.05, 4.69) is 34.2 Å². The smallest absolute Gasteiger partial charge is 0.254 e. The van der Waals surface area contributed by atoms with Crippen LogP contribution in [0.3, 0.4) is 0 Å². The van der Waals surface area contributed by atoms with E-state index in [1.807, 2.05) is 25.8 Å². The topological polar surface area (TPSA) is 52.8 Å². The molecule has 28 heavy (non-hydrogen) atoms. The third-order valence-electron chi connectivity index (χ3n) is 5.81. The number of hydrogen-bond donors (Lipinski definition) is 0. The Bertz CT molecular complexity index is 790. The summed E-state index contributed by atoms with van der Waals surface area (Å²) < 4.78 is 5.30. The molecule has 0 radical (unpaired) electrons. The molecular formula is C21H32N4O2S. The Kier molecular flexibility index (Phi) is 6.91. The first-order valence-corrected chi connectivity index (χ1v) is 11.0. The van der Waals surface area contributed by atoms with Crippen molar-refractivity contribution < 1.29 is 9.32 Å². The highest BCUT2D eigenvalue weighted by Crippen LogP contribution is 2.30. The molecule has 0 aromatic carbocycles. The molecule has 0 bridgehead atoms. The Hall–Kier alpha value is -1.70. The highest BCUT2D eigenvalue weighted by atomic mass is 32.1. The molecule has 0 aliphatic carbocycles. The van der Waals surface area contributed by atoms with Crippen LogP contribution in [0.5, 0.6) is 0 Å². The summed E-state index contributed by atoms with van der Waals surface area (Å²) in [5.74, 6) is 1.06. The standard InChI is InChI=1S/C21H32N4O2S/c1-6-24(7-2)11-10-23(5)21(26)19-14-28-20-13-25(9-8-17(19)20)12-18-15(3)22-27-16(18)4/h14H,6-13H2,1-5H3. The van der Waals surface area contributed by atoms with Gasteiger partial charge in [0.15, 0.2) is 0 Å². The average Bonchev–Trinajstić information content (AvgIpc) is 3.26. The van der Waals surface area contributed by atoms with Gasteiger partial charge in [-0.2, -0.15) is 0 Å². The highest BCUT2D eigenvalue weighted by Gasteiger charge is 2.26. The number of carbonyl (C=O) groups excluding carboxylic acids is 1. The summed E-state index contributed by atoms with van der Waals surface area (Å²) in [6, 6.07) is 0. The van der Waals surface area contributed by atoms with Crippen LogP contribution in [0, 0.1) is 13.8 Å². The fraction of sp³-hybridized carbons (Fsp3) is 0.619. The summed E-state index contributed by atoms with van der Waals surface area (Å²) in [7, 11) is 1.92. The van der Waals surface area contributed by atoms with E-state index >= 15 is 0 Å². The van der Waals surface area contributed by atoms with Crippen molar-refractivity contribution in [1.29, 1.82) is 0 Å². The van der Waals surface area contributed by atoms with Gasteiger partial charge in [0.2, 0.25) is 0 Å². The number of amides is 1. The Labute approximate surface area is 172 Å². The third kappa shape index (κ3) is 4.47. The number of likely N-dealkylation sites (N-methyl/N-ethyl adjacent to an activating group) is 2. The van der Waals surface area contributed by atoms with E-state index in [1.165, 1.54) is 16.0 Å². The summed E-state index contributed by atoms with van der Waals surface area (Å²) in [5, 5.41) is 6.12. The molecule has 0 spiro atoms. The van der Waals surface area contributed by atoms with E-state index in [-0.39, 0.29) is 5.91 Å². The zero-order chi connectivity index (χ0) is 20.3. The van der Waals surface area contributed by atoms with E-state index < -0.39 is 0 Å². The second kappa shape index (κ2) is 9.20. The van der Waals surface area contributed by atoms with Crippen molar-refractivity contribution in [2.24, 2.45) is 0 Å². The van der Waals surface area contributed by atoms with Crippen LogP contribution in [0.2, 0.25) is 0 Å². The van der Waals surface area contributed by atoms with Crippen LogP contribution in [-0.2, 0) is 19.5 Å². The van der Waals surface area contributed by atoms with Crippen molar-refractivity contribution in [3.63, 3.8) is 0 Å². The molecule has 3 heterocycles. The maximum absolute atomic E-state index is 13.0. The molecule has 1 aliphatic heterocycles. The monoisotopic (exact) mass is 404 g/mol. The fourth-order valence-electron chi connectivity index (χ4n) is 3.79. The molecule has 0 fully saturated rings. The number of carbonyl (C=O) groups is 1. The van der Waals surface area contributed by atoms with Gasteiger partial charge in [0.1, 0.15) is 5.76 Å². The largest absolute Gasteiger partial charge is 0.361 e. The van der Waals surface area contributed by atoms with Crippen LogP contribution in [0.25, 0.3) is 0 Å². The SMILES string of the molecule is CCN(CC)CCN(C)C(=O)c1csc2c1CCN(Cc1c(C)noc1C)C2. The van der Waals surface area contributed by atoms with E-state index in [1.54, 1.807) is 11.3 Å². The lowest BCUT2D eigenvalue weighted by Crippen LogP contribution is -2.37. The molecule has 154 valence electrons. The van der Waals surface area contributed by atoms with Gasteiger partial charge in [-0.05, 0) is 38.9 Å². The van der Waals surface area contributed by atoms with Gasteiger partial charge in [-0.15, -0.1) is 11.3 Å². The van der Waals surface area contributed by atoms with E-state index in [0.29, 0.717) is 0 Å². The zero-order valence-electron chi connectivity index (χ0n) is 17.7. The number of hydrogen-bond acceptors (Lipinski definition) is 6. The number of thiophene rings is 1. The lowest BCUT2D eigenvalue weighted by Gasteiger charge is -2.28. The highest BCUT2D eigenvalue weighted by molar-refractivity contribution is 7.10. The normalized spacial score (nSPS) is 14.5. The summed E-state index contributed by atoms with van der Waals surface area (Å²) in [6.07, 6.45) is 0.924. The van der Waals surface area contributed by atoms with Gasteiger partial charge >= 0.3 is 0 Å². The van der Waals surface area contributed by atoms with Gasteiger partial charge in [-0.1, -0.05) is 19.0 Å². The van der Waals surface area contributed by atoms with Gasteiger partial charge in [0.25, 0.3) is 5.91 Å². The Morgan fingerprint density at radius 2 is 2.04 bits per heavy atom. The van der Waals surface area contributed by atoms with Gasteiger partial charge in [-0.25, -0.2) is 0 Å². The van der Waals surface area contributed by atoms with Crippen LogP contribution >= 0.6 is 11.3 Å². The number of aryl methyl sites for hydroxylation is 2. The van der Waals surface area contributed by atoms with Crippen molar-refractivity contribution in [3.8, 4) is 0 Å². The zero-order valence-corrected chi connectivity index (χ0v) is 18.6. The molecule has 2 aromatic heterocycles. The second-order valence-corrected chi connectivity index (χ2v) is 8.53. The predicted molar refractivity (Wildman–Crippen MR) is 113 cm³/mol. The number of nitrogens with zero attached hydrogens (tertiary/aromatic N) is 4. The van der Waals surface area contributed by atoms with E-state index in [0.717, 1.165) is 69.3 Å². The van der Waals surface area contributed by atoms with Crippen LogP contribution in [-0.4, -0.2) is 65.5 Å². The predicted octanol–water partition coefficient (Wildman–Crippen LogP) is 3.33. The minimum Gasteiger partial charge on any atom is -0.361 e. The van der Waals surface area contributed by atoms with E-state index in [4.69, 9.17) is 4.52 Å². The lowest BCUT2D eigenvalue weighted by atomic mass is 10.0. The third-order valence-corrected chi connectivity index (χ3v) is 6.83. The van der Waals surface area contributed by atoms with Crippen molar-refractivity contribution in [2.45, 2.75) is 47.2 Å². The molecule has 0 saturated carbocycles. The number of rotatable bonds is 8. The lowest BCUT2D eigenvalue weighted by molar-refractivity contribution is 0.0778. The molecule has 3 rings (SSSR count). The first-order valence-electron chi connectivity index (χ1n) is 10.2. The van der Waals surface area contributed by atoms with Crippen LogP contribution in [0.4, 0.5) is 0 Å². The number of fused-ring (bicyclic) bond motifs is 1. The molecule has 7 heteroatoms. The Morgan fingerprint density at radius 1 is 1.29 bits per heavy atom. The molecule has 6 nitrogen and oxygen atoms in total. The maximum Gasteiger partial charge on any atom is 0.254 e. The fourth-order valence-corrected chi connectivity index (χ4v) is 4.90. The minimum atomic E-state index is 0.156. The molecule has 0 atom stereocenters. The molecule has 1 aliphatic rings. The first kappa shape index (κ1) is 21.0. The average molecular weight is 405 g/mol. The van der Waals surface area contributed by atoms with Crippen LogP contribution < -0.4 is 0 Å². The molecule has 2 aromatic rings. The van der Waals surface area contributed by atoms with Crippen molar-refractivity contribution in [2.75, 3.05) is 39.8 Å². The second-order valence-electron chi connectivity index (χ2n) is 7.57. The quantitative estimate of drug-likeness (QED) is 0.676. The van der Waals surface area contributed by atoms with Crippen LogP contribution in [0.1, 0.15) is 51.7 Å². The summed E-state index contributed by atoms with van der Waals surface area (Å²) >= 11 is 1.72. The maximum atomic E-state index is 13.0. The van der Waals surface area contributed by atoms with Gasteiger partial charge < -0.3 is 14.3 Å². The molecule has 0 N–H and O–H groups in total. The van der Waals surface area contributed by atoms with Gasteiger partial charge in [0, 0.05) is 55.6 Å². The van der Waals surface area contributed by atoms with E-state index in [9.17, 15) is 4.79 Å². The molecule has 1 amide bonds. The molecule has 0 unspecified atom stereocenters. The first-order chi connectivity index (χ1) is 13.4. The Morgan fingerprint density at radius 3 is 2.68 bits per heavy atom. The summed E-state index contributed by atoms with van der Waals surface area (Å²) in [4.78, 5) is 20.9. The van der Waals surface area contributed by atoms with Gasteiger partial charge in [0.05, 0.1) is 11.3 Å².